The Morgan fingerprint density at radius 2 is 2.10 bits per heavy atom. The SMILES string of the molecule is CSc1c(C(F)(F)F)ccc(C(=O)Nc2nnco2)c1C. The first-order valence-electron chi connectivity index (χ1n) is 5.67. The third-order valence-electron chi connectivity index (χ3n) is 2.74. The Morgan fingerprint density at radius 3 is 2.62 bits per heavy atom. The van der Waals surface area contributed by atoms with E-state index in [1.807, 2.05) is 0 Å². The van der Waals surface area contributed by atoms with Crippen molar-refractivity contribution in [2.45, 2.75) is 18.0 Å². The molecule has 0 bridgehead atoms. The van der Waals surface area contributed by atoms with Crippen LogP contribution in [0.25, 0.3) is 0 Å². The third kappa shape index (κ3) is 3.18. The van der Waals surface area contributed by atoms with Crippen LogP contribution in [0.1, 0.15) is 21.5 Å². The predicted octanol–water partition coefficient (Wildman–Crippen LogP) is 3.37. The average molecular weight is 317 g/mol. The molecule has 0 fully saturated rings. The second-order valence-electron chi connectivity index (χ2n) is 4.01. The van der Waals surface area contributed by atoms with Crippen LogP contribution in [-0.2, 0) is 6.18 Å². The van der Waals surface area contributed by atoms with Crippen LogP contribution in [0.4, 0.5) is 19.2 Å². The molecule has 0 aliphatic rings. The number of carbonyl (C=O) groups excluding carboxylic acids is 1. The van der Waals surface area contributed by atoms with Crippen molar-refractivity contribution in [3.8, 4) is 0 Å². The Kier molecular flexibility index (Phi) is 4.21. The number of halogens is 3. The number of aromatic nitrogens is 2. The molecule has 1 aromatic carbocycles. The van der Waals surface area contributed by atoms with Gasteiger partial charge in [0.15, 0.2) is 0 Å². The first kappa shape index (κ1) is 15.4. The number of alkyl halides is 3. The van der Waals surface area contributed by atoms with Crippen molar-refractivity contribution in [2.75, 3.05) is 11.6 Å². The maximum atomic E-state index is 12.9. The molecular formula is C12H10F3N3O2S. The van der Waals surface area contributed by atoms with Crippen molar-refractivity contribution in [3.63, 3.8) is 0 Å². The highest BCUT2D eigenvalue weighted by atomic mass is 32.2. The van der Waals surface area contributed by atoms with Crippen LogP contribution < -0.4 is 5.32 Å². The van der Waals surface area contributed by atoms with Crippen LogP contribution in [-0.4, -0.2) is 22.4 Å². The lowest BCUT2D eigenvalue weighted by Crippen LogP contribution is -2.16. The Hall–Kier alpha value is -2.03. The number of thioether (sulfide) groups is 1. The van der Waals surface area contributed by atoms with Crippen LogP contribution in [0.15, 0.2) is 27.8 Å². The number of rotatable bonds is 3. The molecule has 2 rings (SSSR count). The molecular weight excluding hydrogens is 307 g/mol. The number of anilines is 1. The fourth-order valence-corrected chi connectivity index (χ4v) is 2.64. The lowest BCUT2D eigenvalue weighted by Gasteiger charge is -2.16. The number of hydrogen-bond donors (Lipinski definition) is 1. The van der Waals surface area contributed by atoms with Crippen LogP contribution in [0.3, 0.4) is 0 Å². The Labute approximate surface area is 121 Å². The van der Waals surface area contributed by atoms with E-state index in [-0.39, 0.29) is 22.0 Å². The summed E-state index contributed by atoms with van der Waals surface area (Å²) in [5.41, 5.74) is -0.401. The Morgan fingerprint density at radius 1 is 1.38 bits per heavy atom. The van der Waals surface area contributed by atoms with Gasteiger partial charge in [-0.3, -0.25) is 10.1 Å². The summed E-state index contributed by atoms with van der Waals surface area (Å²) in [5, 5.41) is 9.18. The van der Waals surface area contributed by atoms with Crippen molar-refractivity contribution < 1.29 is 22.4 Å². The molecule has 0 radical (unpaired) electrons. The van der Waals surface area contributed by atoms with Gasteiger partial charge in [0.25, 0.3) is 5.91 Å². The number of carbonyl (C=O) groups is 1. The summed E-state index contributed by atoms with van der Waals surface area (Å²) < 4.78 is 43.5. The molecule has 0 spiro atoms. The van der Waals surface area contributed by atoms with Crippen LogP contribution >= 0.6 is 11.8 Å². The smallest absolute Gasteiger partial charge is 0.411 e. The van der Waals surface area contributed by atoms with E-state index < -0.39 is 17.6 Å². The average Bonchev–Trinajstić information content (AvgIpc) is 2.89. The standard InChI is InChI=1S/C12H10F3N3O2S/c1-6-7(10(19)17-11-18-16-5-20-11)3-4-8(9(6)21-2)12(13,14)15/h3-5H,1-2H3,(H,17,18,19). The summed E-state index contributed by atoms with van der Waals surface area (Å²) in [6.45, 7) is 1.46. The van der Waals surface area contributed by atoms with Gasteiger partial charge in [-0.2, -0.15) is 13.2 Å². The van der Waals surface area contributed by atoms with Crippen molar-refractivity contribution >= 4 is 23.7 Å². The Balaban J connectivity index is 2.40. The highest BCUT2D eigenvalue weighted by Gasteiger charge is 2.34. The second kappa shape index (κ2) is 5.76. The van der Waals surface area contributed by atoms with Crippen LogP contribution in [0, 0.1) is 6.92 Å². The lowest BCUT2D eigenvalue weighted by molar-refractivity contribution is -0.139. The quantitative estimate of drug-likeness (QED) is 0.879. The minimum Gasteiger partial charge on any atom is -0.411 e. The van der Waals surface area contributed by atoms with Gasteiger partial charge < -0.3 is 4.42 Å². The molecule has 0 saturated heterocycles. The van der Waals surface area contributed by atoms with Crippen molar-refractivity contribution in [1.82, 2.24) is 10.2 Å². The van der Waals surface area contributed by atoms with Gasteiger partial charge in [-0.1, -0.05) is 5.10 Å². The molecule has 0 saturated carbocycles. The van der Waals surface area contributed by atoms with Crippen molar-refractivity contribution in [3.05, 3.63) is 35.2 Å². The lowest BCUT2D eigenvalue weighted by atomic mass is 10.0. The number of benzene rings is 1. The number of nitrogens with one attached hydrogen (secondary N) is 1. The second-order valence-corrected chi connectivity index (χ2v) is 4.83. The van der Waals surface area contributed by atoms with Gasteiger partial charge in [0, 0.05) is 10.5 Å². The molecule has 9 heteroatoms. The largest absolute Gasteiger partial charge is 0.417 e. The topological polar surface area (TPSA) is 68.0 Å². The number of nitrogens with zero attached hydrogens (tertiary/aromatic N) is 2. The van der Waals surface area contributed by atoms with Gasteiger partial charge in [-0.15, -0.1) is 16.9 Å². The van der Waals surface area contributed by atoms with Crippen LogP contribution in [0.2, 0.25) is 0 Å². The van der Waals surface area contributed by atoms with Gasteiger partial charge in [0.05, 0.1) is 5.56 Å². The van der Waals surface area contributed by atoms with Gasteiger partial charge in [-0.25, -0.2) is 0 Å². The first-order valence-corrected chi connectivity index (χ1v) is 6.89. The molecule has 5 nitrogen and oxygen atoms in total. The van der Waals surface area contributed by atoms with Crippen LogP contribution in [0.5, 0.6) is 0 Å². The highest BCUT2D eigenvalue weighted by molar-refractivity contribution is 7.98. The van der Waals surface area contributed by atoms with E-state index in [2.05, 4.69) is 15.5 Å². The summed E-state index contributed by atoms with van der Waals surface area (Å²) in [6, 6.07) is 1.90. The van der Waals surface area contributed by atoms with E-state index in [1.165, 1.54) is 13.2 Å². The van der Waals surface area contributed by atoms with E-state index in [9.17, 15) is 18.0 Å². The molecule has 1 amide bonds. The van der Waals surface area contributed by atoms with E-state index in [0.717, 1.165) is 30.3 Å². The number of hydrogen-bond acceptors (Lipinski definition) is 5. The van der Waals surface area contributed by atoms with Gasteiger partial charge in [-0.05, 0) is 30.9 Å². The van der Waals surface area contributed by atoms with Crippen molar-refractivity contribution in [2.24, 2.45) is 0 Å². The number of amides is 1. The zero-order valence-electron chi connectivity index (χ0n) is 11.0. The summed E-state index contributed by atoms with van der Waals surface area (Å²) in [6.07, 6.45) is -1.91. The molecule has 0 aliphatic carbocycles. The minimum atomic E-state index is -4.47. The molecule has 0 unspecified atom stereocenters. The van der Waals surface area contributed by atoms with Gasteiger partial charge in [0.1, 0.15) is 0 Å². The van der Waals surface area contributed by atoms with Crippen molar-refractivity contribution in [1.29, 1.82) is 0 Å². The highest BCUT2D eigenvalue weighted by Crippen LogP contribution is 2.38. The van der Waals surface area contributed by atoms with Gasteiger partial charge in [0.2, 0.25) is 6.39 Å². The minimum absolute atomic E-state index is 0.0145. The zero-order valence-corrected chi connectivity index (χ0v) is 11.8. The zero-order chi connectivity index (χ0) is 15.6. The molecule has 1 N–H and O–H groups in total. The molecule has 21 heavy (non-hydrogen) atoms. The summed E-state index contributed by atoms with van der Waals surface area (Å²) in [5.74, 6) is -0.610. The molecule has 1 aromatic heterocycles. The van der Waals surface area contributed by atoms with E-state index in [1.54, 1.807) is 0 Å². The van der Waals surface area contributed by atoms with Gasteiger partial charge >= 0.3 is 12.2 Å². The van der Waals surface area contributed by atoms with E-state index in [4.69, 9.17) is 4.42 Å². The third-order valence-corrected chi connectivity index (χ3v) is 3.67. The summed E-state index contributed by atoms with van der Waals surface area (Å²) >= 11 is 0.937. The summed E-state index contributed by atoms with van der Waals surface area (Å²) in [4.78, 5) is 12.0. The maximum Gasteiger partial charge on any atom is 0.417 e. The molecule has 0 aliphatic heterocycles. The summed E-state index contributed by atoms with van der Waals surface area (Å²) in [7, 11) is 0. The maximum absolute atomic E-state index is 12.9. The first-order chi connectivity index (χ1) is 9.84. The van der Waals surface area contributed by atoms with E-state index >= 15 is 0 Å². The molecule has 112 valence electrons. The van der Waals surface area contributed by atoms with E-state index in [0.29, 0.717) is 0 Å². The monoisotopic (exact) mass is 317 g/mol. The molecule has 2 aromatic rings. The fraction of sp³-hybridized carbons (Fsp3) is 0.250. The normalized spacial score (nSPS) is 11.5. The molecule has 0 atom stereocenters. The fourth-order valence-electron chi connectivity index (χ4n) is 1.82. The Bertz CT molecular complexity index is 657. The predicted molar refractivity (Wildman–Crippen MR) is 70.2 cm³/mol. The molecule has 1 heterocycles.